The van der Waals surface area contributed by atoms with Gasteiger partial charge in [0.05, 0.1) is 0 Å². The van der Waals surface area contributed by atoms with Crippen LogP contribution in [0.1, 0.15) is 25.7 Å². The molecule has 0 aromatic carbocycles. The Morgan fingerprint density at radius 3 is 2.73 bits per heavy atom. The molecule has 1 N–H and O–H groups in total. The molecule has 0 aromatic rings. The fourth-order valence-electron chi connectivity index (χ4n) is 1.71. The van der Waals surface area contributed by atoms with Crippen LogP contribution in [0.5, 0.6) is 0 Å². The molecule has 1 heterocycles. The molecule has 3 nitrogen and oxygen atoms in total. The molecule has 1 saturated heterocycles. The molecular formula is C7H10BrNO2. The maximum absolute atomic E-state index is 11.0. The van der Waals surface area contributed by atoms with E-state index in [2.05, 4.69) is 25.4 Å². The lowest BCUT2D eigenvalue weighted by Gasteiger charge is -2.08. The van der Waals surface area contributed by atoms with Gasteiger partial charge in [-0.1, -0.05) is 0 Å². The molecule has 0 amide bonds. The Labute approximate surface area is 73.9 Å². The third-order valence-electron chi connectivity index (χ3n) is 2.61. The SMILES string of the molecule is O=C(OBr)[C@@H]1CCC2(CC2)N1. The van der Waals surface area contributed by atoms with Crippen LogP contribution in [-0.4, -0.2) is 17.6 Å². The highest BCUT2D eigenvalue weighted by atomic mass is 79.9. The van der Waals surface area contributed by atoms with Gasteiger partial charge in [0.2, 0.25) is 0 Å². The van der Waals surface area contributed by atoms with Crippen molar-refractivity contribution >= 4 is 22.2 Å². The zero-order valence-electron chi connectivity index (χ0n) is 6.10. The van der Waals surface area contributed by atoms with Crippen LogP contribution in [0.25, 0.3) is 0 Å². The molecule has 11 heavy (non-hydrogen) atoms. The van der Waals surface area contributed by atoms with Crippen molar-refractivity contribution in [3.05, 3.63) is 0 Å². The molecule has 0 bridgehead atoms. The van der Waals surface area contributed by atoms with Crippen molar-refractivity contribution in [2.24, 2.45) is 0 Å². The summed E-state index contributed by atoms with van der Waals surface area (Å²) in [6, 6.07) is -0.0723. The largest absolute Gasteiger partial charge is 0.382 e. The van der Waals surface area contributed by atoms with Crippen LogP contribution in [-0.2, 0) is 8.62 Å². The van der Waals surface area contributed by atoms with E-state index in [0.717, 1.165) is 12.8 Å². The fourth-order valence-corrected chi connectivity index (χ4v) is 1.94. The lowest BCUT2D eigenvalue weighted by molar-refractivity contribution is -0.134. The van der Waals surface area contributed by atoms with Crippen molar-refractivity contribution in [1.29, 1.82) is 0 Å². The maximum Gasteiger partial charge on any atom is 0.334 e. The van der Waals surface area contributed by atoms with Gasteiger partial charge in [0, 0.05) is 5.54 Å². The highest BCUT2D eigenvalue weighted by Crippen LogP contribution is 2.44. The molecular weight excluding hydrogens is 210 g/mol. The minimum atomic E-state index is -0.186. The van der Waals surface area contributed by atoms with Crippen molar-refractivity contribution in [3.8, 4) is 0 Å². The van der Waals surface area contributed by atoms with Gasteiger partial charge in [0.15, 0.2) is 16.3 Å². The van der Waals surface area contributed by atoms with Gasteiger partial charge in [-0.2, -0.15) is 0 Å². The van der Waals surface area contributed by atoms with Gasteiger partial charge in [-0.15, -0.1) is 0 Å². The summed E-state index contributed by atoms with van der Waals surface area (Å²) in [4.78, 5) is 11.0. The molecule has 2 rings (SSSR count). The van der Waals surface area contributed by atoms with E-state index in [0.29, 0.717) is 5.54 Å². The summed E-state index contributed by atoms with van der Waals surface area (Å²) >= 11 is 2.69. The van der Waals surface area contributed by atoms with Crippen LogP contribution in [0.2, 0.25) is 0 Å². The number of hydrogen-bond acceptors (Lipinski definition) is 3. The van der Waals surface area contributed by atoms with Crippen molar-refractivity contribution in [2.45, 2.75) is 37.3 Å². The summed E-state index contributed by atoms with van der Waals surface area (Å²) < 4.78 is 4.47. The predicted molar refractivity (Wildman–Crippen MR) is 43.1 cm³/mol. The minimum absolute atomic E-state index is 0.0723. The van der Waals surface area contributed by atoms with Gasteiger partial charge in [-0.25, -0.2) is 4.79 Å². The third-order valence-corrected chi connectivity index (χ3v) is 2.93. The van der Waals surface area contributed by atoms with Crippen LogP contribution in [0.4, 0.5) is 0 Å². The molecule has 1 aliphatic heterocycles. The smallest absolute Gasteiger partial charge is 0.334 e. The van der Waals surface area contributed by atoms with Gasteiger partial charge < -0.3 is 3.83 Å². The summed E-state index contributed by atoms with van der Waals surface area (Å²) in [6.45, 7) is 0. The van der Waals surface area contributed by atoms with E-state index in [9.17, 15) is 4.79 Å². The Morgan fingerprint density at radius 1 is 1.55 bits per heavy atom. The first-order chi connectivity index (χ1) is 5.26. The van der Waals surface area contributed by atoms with E-state index in [1.54, 1.807) is 0 Å². The number of carbonyl (C=O) groups is 1. The van der Waals surface area contributed by atoms with Crippen molar-refractivity contribution in [1.82, 2.24) is 5.32 Å². The summed E-state index contributed by atoms with van der Waals surface area (Å²) in [5.41, 5.74) is 0.325. The van der Waals surface area contributed by atoms with E-state index in [4.69, 9.17) is 0 Å². The molecule has 2 aliphatic rings. The molecule has 2 fully saturated rings. The minimum Gasteiger partial charge on any atom is -0.382 e. The maximum atomic E-state index is 11.0. The van der Waals surface area contributed by atoms with Crippen molar-refractivity contribution < 1.29 is 8.62 Å². The molecule has 1 aliphatic carbocycles. The van der Waals surface area contributed by atoms with Crippen LogP contribution in [0.15, 0.2) is 0 Å². The second-order valence-electron chi connectivity index (χ2n) is 3.41. The van der Waals surface area contributed by atoms with Gasteiger partial charge in [0.25, 0.3) is 0 Å². The molecule has 0 aromatic heterocycles. The summed E-state index contributed by atoms with van der Waals surface area (Å²) in [6.07, 6.45) is 4.49. The lowest BCUT2D eigenvalue weighted by atomic mass is 10.2. The average Bonchev–Trinajstić information content (AvgIpc) is 2.61. The Morgan fingerprint density at radius 2 is 2.27 bits per heavy atom. The molecule has 0 radical (unpaired) electrons. The first-order valence-corrected chi connectivity index (χ1v) is 4.51. The molecule has 1 atom stereocenters. The Kier molecular flexibility index (Phi) is 1.68. The number of nitrogens with one attached hydrogen (secondary N) is 1. The normalized spacial score (nSPS) is 32.3. The van der Waals surface area contributed by atoms with Gasteiger partial charge in [0.1, 0.15) is 6.04 Å². The van der Waals surface area contributed by atoms with E-state index >= 15 is 0 Å². The first kappa shape index (κ1) is 7.55. The number of carbonyl (C=O) groups excluding carboxylic acids is 1. The molecule has 62 valence electrons. The van der Waals surface area contributed by atoms with E-state index in [-0.39, 0.29) is 12.0 Å². The number of halogens is 1. The molecule has 4 heteroatoms. The van der Waals surface area contributed by atoms with Crippen molar-refractivity contribution in [2.75, 3.05) is 0 Å². The lowest BCUT2D eigenvalue weighted by Crippen LogP contribution is -2.36. The second kappa shape index (κ2) is 2.45. The second-order valence-corrected chi connectivity index (χ2v) is 3.74. The standard InChI is InChI=1S/C7H10BrNO2/c8-11-6(10)5-1-2-7(9-5)3-4-7/h5,9H,1-4H2/t5-/m0/s1. The Hall–Kier alpha value is -0.0900. The van der Waals surface area contributed by atoms with E-state index in [1.165, 1.54) is 12.8 Å². The zero-order chi connectivity index (χ0) is 7.90. The van der Waals surface area contributed by atoms with Gasteiger partial charge in [-0.05, 0) is 25.7 Å². The van der Waals surface area contributed by atoms with E-state index < -0.39 is 0 Å². The fraction of sp³-hybridized carbons (Fsp3) is 0.857. The monoisotopic (exact) mass is 219 g/mol. The highest BCUT2D eigenvalue weighted by Gasteiger charge is 2.49. The van der Waals surface area contributed by atoms with Crippen LogP contribution in [0.3, 0.4) is 0 Å². The van der Waals surface area contributed by atoms with Crippen LogP contribution < -0.4 is 5.32 Å². The van der Waals surface area contributed by atoms with Crippen LogP contribution >= 0.6 is 16.3 Å². The molecule has 0 unspecified atom stereocenters. The molecule has 1 saturated carbocycles. The van der Waals surface area contributed by atoms with Crippen LogP contribution in [0, 0.1) is 0 Å². The quantitative estimate of drug-likeness (QED) is 0.719. The Balaban J connectivity index is 1.94. The topological polar surface area (TPSA) is 38.3 Å². The molecule has 1 spiro atoms. The third kappa shape index (κ3) is 1.29. The van der Waals surface area contributed by atoms with E-state index in [1.807, 2.05) is 0 Å². The summed E-state index contributed by atoms with van der Waals surface area (Å²) in [5.74, 6) is -0.186. The average molecular weight is 220 g/mol. The highest BCUT2D eigenvalue weighted by molar-refractivity contribution is 9.06. The van der Waals surface area contributed by atoms with Crippen molar-refractivity contribution in [3.63, 3.8) is 0 Å². The summed E-state index contributed by atoms with van der Waals surface area (Å²) in [7, 11) is 0. The van der Waals surface area contributed by atoms with Gasteiger partial charge in [-0.3, -0.25) is 5.32 Å². The number of rotatable bonds is 1. The zero-order valence-corrected chi connectivity index (χ0v) is 7.69. The first-order valence-electron chi connectivity index (χ1n) is 3.86. The Bertz CT molecular complexity index is 191. The number of hydrogen-bond donors (Lipinski definition) is 1. The van der Waals surface area contributed by atoms with Gasteiger partial charge >= 0.3 is 5.97 Å². The summed E-state index contributed by atoms with van der Waals surface area (Å²) in [5, 5.41) is 3.29. The predicted octanol–water partition coefficient (Wildman–Crippen LogP) is 1.12.